The van der Waals surface area contributed by atoms with E-state index in [2.05, 4.69) is 29.5 Å². The zero-order valence-corrected chi connectivity index (χ0v) is 14.4. The number of anilines is 1. The number of rotatable bonds is 6. The SMILES string of the molecule is CC(C)Cn1ccnc1CNC(=O)Nc1cccc([S@@](C)=O)c1. The Morgan fingerprint density at radius 2 is 2.17 bits per heavy atom. The Bertz CT molecular complexity index is 697. The van der Waals surface area contributed by atoms with Crippen LogP contribution in [-0.4, -0.2) is 26.0 Å². The van der Waals surface area contributed by atoms with Crippen molar-refractivity contribution in [3.63, 3.8) is 0 Å². The minimum atomic E-state index is -1.08. The van der Waals surface area contributed by atoms with Gasteiger partial charge in [-0.05, 0) is 24.1 Å². The van der Waals surface area contributed by atoms with E-state index in [1.54, 1.807) is 36.7 Å². The van der Waals surface area contributed by atoms with Gasteiger partial charge in [0.2, 0.25) is 0 Å². The molecule has 2 N–H and O–H groups in total. The van der Waals surface area contributed by atoms with Gasteiger partial charge in [-0.1, -0.05) is 19.9 Å². The molecule has 6 nitrogen and oxygen atoms in total. The number of aromatic nitrogens is 2. The quantitative estimate of drug-likeness (QED) is 0.852. The van der Waals surface area contributed by atoms with Gasteiger partial charge in [0.25, 0.3) is 0 Å². The Morgan fingerprint density at radius 1 is 1.39 bits per heavy atom. The summed E-state index contributed by atoms with van der Waals surface area (Å²) in [5.74, 6) is 1.33. The van der Waals surface area contributed by atoms with Crippen LogP contribution in [0.1, 0.15) is 19.7 Å². The number of hydrogen-bond donors (Lipinski definition) is 2. The maximum absolute atomic E-state index is 12.0. The molecule has 1 atom stereocenters. The van der Waals surface area contributed by atoms with Crippen LogP contribution in [0.15, 0.2) is 41.6 Å². The number of imidazole rings is 1. The van der Waals surface area contributed by atoms with Crippen LogP contribution in [0.2, 0.25) is 0 Å². The molecule has 1 heterocycles. The van der Waals surface area contributed by atoms with Gasteiger partial charge in [-0.25, -0.2) is 9.78 Å². The average Bonchev–Trinajstić information content (AvgIpc) is 2.92. The molecule has 0 radical (unpaired) electrons. The standard InChI is InChI=1S/C16H22N4O2S/c1-12(2)11-20-8-7-17-15(20)10-18-16(21)19-13-5-4-6-14(9-13)23(3)22/h4-9,12H,10-11H2,1-3H3,(H2,18,19,21)/t23-/m1/s1. The largest absolute Gasteiger partial charge is 0.333 e. The molecule has 0 bridgehead atoms. The lowest BCUT2D eigenvalue weighted by molar-refractivity contribution is 0.251. The summed E-state index contributed by atoms with van der Waals surface area (Å²) < 4.78 is 13.5. The molecule has 2 amide bonds. The first kappa shape index (κ1) is 17.2. The number of nitrogens with one attached hydrogen (secondary N) is 2. The Kier molecular flexibility index (Phi) is 5.92. The van der Waals surface area contributed by atoms with Crippen LogP contribution in [0, 0.1) is 5.92 Å². The van der Waals surface area contributed by atoms with Crippen molar-refractivity contribution in [1.82, 2.24) is 14.9 Å². The predicted octanol–water partition coefficient (Wildman–Crippen LogP) is 2.60. The molecule has 0 saturated carbocycles. The van der Waals surface area contributed by atoms with E-state index in [4.69, 9.17) is 0 Å². The van der Waals surface area contributed by atoms with Gasteiger partial charge in [0, 0.05) is 46.6 Å². The molecule has 1 aromatic heterocycles. The second-order valence-electron chi connectivity index (χ2n) is 5.68. The molecule has 0 unspecified atom stereocenters. The molecule has 124 valence electrons. The highest BCUT2D eigenvalue weighted by Gasteiger charge is 2.08. The van der Waals surface area contributed by atoms with E-state index < -0.39 is 10.8 Å². The number of urea groups is 1. The topological polar surface area (TPSA) is 76.0 Å². The zero-order valence-electron chi connectivity index (χ0n) is 13.6. The summed E-state index contributed by atoms with van der Waals surface area (Å²) in [5, 5.41) is 5.52. The van der Waals surface area contributed by atoms with Gasteiger partial charge in [-0.15, -0.1) is 0 Å². The van der Waals surface area contributed by atoms with Crippen molar-refractivity contribution >= 4 is 22.5 Å². The molecule has 0 spiro atoms. The second-order valence-corrected chi connectivity index (χ2v) is 7.06. The summed E-state index contributed by atoms with van der Waals surface area (Å²) in [4.78, 5) is 16.9. The molecule has 0 aliphatic heterocycles. The highest BCUT2D eigenvalue weighted by molar-refractivity contribution is 7.84. The van der Waals surface area contributed by atoms with E-state index in [1.807, 2.05) is 10.8 Å². The molecular weight excluding hydrogens is 312 g/mol. The minimum absolute atomic E-state index is 0.317. The van der Waals surface area contributed by atoms with Gasteiger partial charge in [0.05, 0.1) is 6.54 Å². The number of amides is 2. The fourth-order valence-corrected chi connectivity index (χ4v) is 2.72. The molecule has 1 aromatic carbocycles. The van der Waals surface area contributed by atoms with Crippen molar-refractivity contribution in [2.45, 2.75) is 31.8 Å². The smallest absolute Gasteiger partial charge is 0.319 e. The van der Waals surface area contributed by atoms with E-state index in [1.165, 1.54) is 0 Å². The molecule has 0 aliphatic rings. The van der Waals surface area contributed by atoms with Crippen LogP contribution < -0.4 is 10.6 Å². The van der Waals surface area contributed by atoms with E-state index in [-0.39, 0.29) is 6.03 Å². The minimum Gasteiger partial charge on any atom is -0.333 e. The Hall–Kier alpha value is -2.15. The number of nitrogens with zero attached hydrogens (tertiary/aromatic N) is 2. The van der Waals surface area contributed by atoms with Crippen LogP contribution in [0.4, 0.5) is 10.5 Å². The van der Waals surface area contributed by atoms with E-state index in [0.29, 0.717) is 23.0 Å². The van der Waals surface area contributed by atoms with E-state index in [0.717, 1.165) is 12.4 Å². The molecule has 0 saturated heterocycles. The van der Waals surface area contributed by atoms with Crippen molar-refractivity contribution in [2.75, 3.05) is 11.6 Å². The molecule has 0 aliphatic carbocycles. The fraction of sp³-hybridized carbons (Fsp3) is 0.375. The molecule has 2 rings (SSSR count). The maximum atomic E-state index is 12.0. The summed E-state index contributed by atoms with van der Waals surface area (Å²) in [5.41, 5.74) is 0.612. The highest BCUT2D eigenvalue weighted by atomic mass is 32.2. The highest BCUT2D eigenvalue weighted by Crippen LogP contribution is 2.13. The Morgan fingerprint density at radius 3 is 2.87 bits per heavy atom. The van der Waals surface area contributed by atoms with Crippen LogP contribution >= 0.6 is 0 Å². The molecule has 0 fully saturated rings. The van der Waals surface area contributed by atoms with Crippen LogP contribution in [0.3, 0.4) is 0 Å². The van der Waals surface area contributed by atoms with Crippen LogP contribution in [0.5, 0.6) is 0 Å². The van der Waals surface area contributed by atoms with Gasteiger partial charge in [0.1, 0.15) is 5.82 Å². The van der Waals surface area contributed by atoms with Gasteiger partial charge in [-0.2, -0.15) is 0 Å². The van der Waals surface area contributed by atoms with Crippen molar-refractivity contribution in [3.05, 3.63) is 42.5 Å². The predicted molar refractivity (Wildman–Crippen MR) is 91.7 cm³/mol. The normalized spacial score (nSPS) is 12.2. The third-order valence-corrected chi connectivity index (χ3v) is 4.11. The van der Waals surface area contributed by atoms with Crippen molar-refractivity contribution in [1.29, 1.82) is 0 Å². The first-order chi connectivity index (χ1) is 11.0. The summed E-state index contributed by atoms with van der Waals surface area (Å²) >= 11 is 0. The maximum Gasteiger partial charge on any atom is 0.319 e. The van der Waals surface area contributed by atoms with Gasteiger partial charge in [0.15, 0.2) is 0 Å². The third kappa shape index (κ3) is 5.21. The van der Waals surface area contributed by atoms with Gasteiger partial charge in [-0.3, -0.25) is 4.21 Å². The summed E-state index contributed by atoms with van der Waals surface area (Å²) in [7, 11) is -1.08. The molecular formula is C16H22N4O2S. The average molecular weight is 334 g/mol. The van der Waals surface area contributed by atoms with Gasteiger partial charge >= 0.3 is 6.03 Å². The third-order valence-electron chi connectivity index (χ3n) is 3.19. The van der Waals surface area contributed by atoms with E-state index >= 15 is 0 Å². The Balaban J connectivity index is 1.92. The number of hydrogen-bond acceptors (Lipinski definition) is 3. The molecule has 7 heteroatoms. The first-order valence-corrected chi connectivity index (χ1v) is 9.00. The number of benzene rings is 1. The van der Waals surface area contributed by atoms with E-state index in [9.17, 15) is 9.00 Å². The van der Waals surface area contributed by atoms with Gasteiger partial charge < -0.3 is 15.2 Å². The fourth-order valence-electron chi connectivity index (χ4n) is 2.15. The van der Waals surface area contributed by atoms with Crippen molar-refractivity contribution in [3.8, 4) is 0 Å². The molecule has 2 aromatic rings. The zero-order chi connectivity index (χ0) is 16.8. The summed E-state index contributed by atoms with van der Waals surface area (Å²) in [6.45, 7) is 5.48. The monoisotopic (exact) mass is 334 g/mol. The summed E-state index contributed by atoms with van der Waals surface area (Å²) in [6.07, 6.45) is 5.25. The molecule has 23 heavy (non-hydrogen) atoms. The van der Waals surface area contributed by atoms with Crippen molar-refractivity contribution in [2.24, 2.45) is 5.92 Å². The van der Waals surface area contributed by atoms with Crippen molar-refractivity contribution < 1.29 is 9.00 Å². The lowest BCUT2D eigenvalue weighted by Crippen LogP contribution is -2.29. The number of carbonyl (C=O) groups excluding carboxylic acids is 1. The number of carbonyl (C=O) groups is 1. The van der Waals surface area contributed by atoms with Crippen LogP contribution in [-0.2, 0) is 23.9 Å². The lowest BCUT2D eigenvalue weighted by Gasteiger charge is -2.12. The van der Waals surface area contributed by atoms with Crippen LogP contribution in [0.25, 0.3) is 0 Å². The second kappa shape index (κ2) is 7.92. The summed E-state index contributed by atoms with van der Waals surface area (Å²) in [6, 6.07) is 6.68. The first-order valence-electron chi connectivity index (χ1n) is 7.44. The Labute approximate surface area is 138 Å². The lowest BCUT2D eigenvalue weighted by atomic mass is 10.2.